The first-order chi connectivity index (χ1) is 6.70. The van der Waals surface area contributed by atoms with Crippen LogP contribution in [0.4, 0.5) is 13.2 Å². The molecule has 0 aliphatic rings. The monoisotopic (exact) mass is 232 g/mol. The maximum absolute atomic E-state index is 12.3. The van der Waals surface area contributed by atoms with E-state index in [2.05, 4.69) is 0 Å². The Hall–Kier alpha value is -0.370. The number of hydrogen-bond acceptors (Lipinski definition) is 4. The molecule has 0 rings (SSSR count). The van der Waals surface area contributed by atoms with Gasteiger partial charge in [-0.3, -0.25) is 0 Å². The molecule has 0 radical (unpaired) electrons. The molecule has 0 saturated heterocycles. The SMILES string of the molecule is CCOC(C)C(O)[C@](O)(CO)C(F)(F)F. The zero-order chi connectivity index (χ0) is 12.3. The zero-order valence-corrected chi connectivity index (χ0v) is 8.45. The van der Waals surface area contributed by atoms with Gasteiger partial charge in [0, 0.05) is 6.61 Å². The molecule has 3 N–H and O–H groups in total. The van der Waals surface area contributed by atoms with Crippen molar-refractivity contribution in [3.63, 3.8) is 0 Å². The molecule has 0 aromatic heterocycles. The van der Waals surface area contributed by atoms with Crippen LogP contribution in [-0.2, 0) is 4.74 Å². The Morgan fingerprint density at radius 2 is 1.80 bits per heavy atom. The van der Waals surface area contributed by atoms with Crippen LogP contribution in [0, 0.1) is 0 Å². The lowest BCUT2D eigenvalue weighted by Gasteiger charge is -2.35. The van der Waals surface area contributed by atoms with Crippen LogP contribution in [0.3, 0.4) is 0 Å². The van der Waals surface area contributed by atoms with E-state index in [4.69, 9.17) is 14.9 Å². The molecule has 2 unspecified atom stereocenters. The lowest BCUT2D eigenvalue weighted by molar-refractivity contribution is -0.311. The van der Waals surface area contributed by atoms with Gasteiger partial charge in [-0.25, -0.2) is 0 Å². The fraction of sp³-hybridized carbons (Fsp3) is 1.00. The molecular weight excluding hydrogens is 217 g/mol. The summed E-state index contributed by atoms with van der Waals surface area (Å²) in [5.74, 6) is 0. The van der Waals surface area contributed by atoms with Crippen LogP contribution < -0.4 is 0 Å². The lowest BCUT2D eigenvalue weighted by Crippen LogP contribution is -2.61. The molecule has 0 fully saturated rings. The Balaban J connectivity index is 4.80. The van der Waals surface area contributed by atoms with E-state index < -0.39 is 30.6 Å². The van der Waals surface area contributed by atoms with Gasteiger partial charge >= 0.3 is 6.18 Å². The second-order valence-corrected chi connectivity index (χ2v) is 3.19. The molecule has 0 aromatic rings. The van der Waals surface area contributed by atoms with E-state index in [0.717, 1.165) is 0 Å². The minimum absolute atomic E-state index is 0.0948. The van der Waals surface area contributed by atoms with Crippen molar-refractivity contribution >= 4 is 0 Å². The molecule has 0 bridgehead atoms. The van der Waals surface area contributed by atoms with Gasteiger partial charge in [-0.2, -0.15) is 13.2 Å². The third-order valence-corrected chi connectivity index (χ3v) is 2.10. The number of aliphatic hydroxyl groups excluding tert-OH is 2. The summed E-state index contributed by atoms with van der Waals surface area (Å²) < 4.78 is 41.7. The van der Waals surface area contributed by atoms with Gasteiger partial charge < -0.3 is 20.1 Å². The molecule has 0 saturated carbocycles. The number of hydrogen-bond donors (Lipinski definition) is 3. The fourth-order valence-corrected chi connectivity index (χ4v) is 1.09. The van der Waals surface area contributed by atoms with Gasteiger partial charge in [0.25, 0.3) is 0 Å². The molecule has 4 nitrogen and oxygen atoms in total. The average molecular weight is 232 g/mol. The summed E-state index contributed by atoms with van der Waals surface area (Å²) in [6.07, 6.45) is -8.58. The number of alkyl halides is 3. The lowest BCUT2D eigenvalue weighted by atomic mass is 9.93. The molecule has 0 aliphatic carbocycles. The number of aliphatic hydroxyl groups is 3. The van der Waals surface area contributed by atoms with E-state index >= 15 is 0 Å². The Labute approximate surface area is 85.3 Å². The van der Waals surface area contributed by atoms with E-state index in [-0.39, 0.29) is 6.61 Å². The highest BCUT2D eigenvalue weighted by molar-refractivity contribution is 4.95. The first-order valence-electron chi connectivity index (χ1n) is 4.40. The van der Waals surface area contributed by atoms with Crippen molar-refractivity contribution in [3.8, 4) is 0 Å². The van der Waals surface area contributed by atoms with E-state index in [9.17, 15) is 18.3 Å². The molecule has 7 heteroatoms. The van der Waals surface area contributed by atoms with Crippen LogP contribution in [0.5, 0.6) is 0 Å². The molecule has 0 amide bonds. The van der Waals surface area contributed by atoms with Crippen molar-refractivity contribution < 1.29 is 33.2 Å². The van der Waals surface area contributed by atoms with Crippen molar-refractivity contribution in [3.05, 3.63) is 0 Å². The highest BCUT2D eigenvalue weighted by Crippen LogP contribution is 2.34. The topological polar surface area (TPSA) is 69.9 Å². The van der Waals surface area contributed by atoms with Crippen molar-refractivity contribution in [1.82, 2.24) is 0 Å². The molecule has 0 heterocycles. The van der Waals surface area contributed by atoms with Gasteiger partial charge in [-0.15, -0.1) is 0 Å². The van der Waals surface area contributed by atoms with Gasteiger partial charge in [-0.05, 0) is 13.8 Å². The molecule has 0 aliphatic heterocycles. The highest BCUT2D eigenvalue weighted by atomic mass is 19.4. The molecule has 0 aromatic carbocycles. The van der Waals surface area contributed by atoms with Crippen molar-refractivity contribution in [1.29, 1.82) is 0 Å². The molecule has 0 spiro atoms. The normalized spacial score (nSPS) is 20.8. The Bertz CT molecular complexity index is 197. The average Bonchev–Trinajstić information content (AvgIpc) is 2.14. The summed E-state index contributed by atoms with van der Waals surface area (Å²) in [6.45, 7) is 1.20. The summed E-state index contributed by atoms with van der Waals surface area (Å²) in [6, 6.07) is 0. The third-order valence-electron chi connectivity index (χ3n) is 2.10. The third kappa shape index (κ3) is 3.04. The summed E-state index contributed by atoms with van der Waals surface area (Å²) in [5.41, 5.74) is -3.55. The summed E-state index contributed by atoms with van der Waals surface area (Å²) >= 11 is 0. The predicted octanol–water partition coefficient (Wildman–Crippen LogP) is 0.0580. The number of rotatable bonds is 5. The molecule has 15 heavy (non-hydrogen) atoms. The van der Waals surface area contributed by atoms with Crippen LogP contribution in [0.1, 0.15) is 13.8 Å². The second kappa shape index (κ2) is 5.11. The van der Waals surface area contributed by atoms with Gasteiger partial charge in [0.15, 0.2) is 0 Å². The van der Waals surface area contributed by atoms with Gasteiger partial charge in [0.1, 0.15) is 6.10 Å². The van der Waals surface area contributed by atoms with Gasteiger partial charge in [0.05, 0.1) is 12.7 Å². The highest BCUT2D eigenvalue weighted by Gasteiger charge is 2.59. The predicted molar refractivity (Wildman–Crippen MR) is 45.2 cm³/mol. The number of ether oxygens (including phenoxy) is 1. The van der Waals surface area contributed by atoms with Crippen molar-refractivity contribution in [2.75, 3.05) is 13.2 Å². The number of halogens is 3. The molecular formula is C8H15F3O4. The second-order valence-electron chi connectivity index (χ2n) is 3.19. The fourth-order valence-electron chi connectivity index (χ4n) is 1.09. The van der Waals surface area contributed by atoms with Crippen LogP contribution in [0.2, 0.25) is 0 Å². The molecule has 3 atom stereocenters. The smallest absolute Gasteiger partial charge is 0.393 e. The first kappa shape index (κ1) is 14.6. The summed E-state index contributed by atoms with van der Waals surface area (Å²) in [7, 11) is 0. The van der Waals surface area contributed by atoms with Crippen LogP contribution in [-0.4, -0.2) is 52.5 Å². The maximum Gasteiger partial charge on any atom is 0.422 e. The largest absolute Gasteiger partial charge is 0.422 e. The van der Waals surface area contributed by atoms with E-state index in [1.54, 1.807) is 0 Å². The minimum Gasteiger partial charge on any atom is -0.393 e. The quantitative estimate of drug-likeness (QED) is 0.626. The minimum atomic E-state index is -5.12. The summed E-state index contributed by atoms with van der Waals surface area (Å²) in [5, 5.41) is 26.9. The Morgan fingerprint density at radius 1 is 1.33 bits per heavy atom. The summed E-state index contributed by atoms with van der Waals surface area (Å²) in [4.78, 5) is 0. The van der Waals surface area contributed by atoms with E-state index in [1.807, 2.05) is 0 Å². The zero-order valence-electron chi connectivity index (χ0n) is 8.45. The Morgan fingerprint density at radius 3 is 2.07 bits per heavy atom. The molecule has 92 valence electrons. The maximum atomic E-state index is 12.3. The van der Waals surface area contributed by atoms with Gasteiger partial charge in [0.2, 0.25) is 5.60 Å². The first-order valence-corrected chi connectivity index (χ1v) is 4.40. The van der Waals surface area contributed by atoms with Crippen LogP contribution in [0.15, 0.2) is 0 Å². The van der Waals surface area contributed by atoms with Gasteiger partial charge in [-0.1, -0.05) is 0 Å². The van der Waals surface area contributed by atoms with E-state index in [0.29, 0.717) is 0 Å². The van der Waals surface area contributed by atoms with E-state index in [1.165, 1.54) is 13.8 Å². The standard InChI is InChI=1S/C8H15F3O4/c1-3-15-5(2)6(13)7(14,4-12)8(9,10)11/h5-6,12-14H,3-4H2,1-2H3/t5?,6?,7-/m1/s1. The van der Waals surface area contributed by atoms with Crippen LogP contribution in [0.25, 0.3) is 0 Å². The van der Waals surface area contributed by atoms with Crippen molar-refractivity contribution in [2.45, 2.75) is 37.8 Å². The Kier molecular flexibility index (Phi) is 4.98. The van der Waals surface area contributed by atoms with Crippen molar-refractivity contribution in [2.24, 2.45) is 0 Å². The van der Waals surface area contributed by atoms with Crippen LogP contribution >= 0.6 is 0 Å².